The van der Waals surface area contributed by atoms with E-state index in [4.69, 9.17) is 10.5 Å². The molecule has 1 aromatic carbocycles. The van der Waals surface area contributed by atoms with Crippen LogP contribution in [0.15, 0.2) is 22.7 Å². The number of hydrogen-bond donors (Lipinski definition) is 1. The van der Waals surface area contributed by atoms with Crippen molar-refractivity contribution in [2.24, 2.45) is 0 Å². The second-order valence-corrected chi connectivity index (χ2v) is 5.55. The van der Waals surface area contributed by atoms with E-state index in [0.717, 1.165) is 17.3 Å². The molecule has 0 fully saturated rings. The zero-order valence-corrected chi connectivity index (χ0v) is 13.9. The van der Waals surface area contributed by atoms with Gasteiger partial charge in [-0.05, 0) is 47.0 Å². The number of halogens is 1. The smallest absolute Gasteiger partial charge is 0.254 e. The monoisotopic (exact) mass is 342 g/mol. The summed E-state index contributed by atoms with van der Waals surface area (Å²) in [5.74, 6) is 0.0245. The van der Waals surface area contributed by atoms with E-state index in [2.05, 4.69) is 29.8 Å². The Morgan fingerprint density at radius 1 is 1.40 bits per heavy atom. The van der Waals surface area contributed by atoms with Gasteiger partial charge in [-0.3, -0.25) is 4.79 Å². The third-order valence-electron chi connectivity index (χ3n) is 3.43. The van der Waals surface area contributed by atoms with Gasteiger partial charge in [0.15, 0.2) is 0 Å². The van der Waals surface area contributed by atoms with Gasteiger partial charge in [-0.15, -0.1) is 0 Å². The SMILES string of the molecule is CCC(CC)N(CCOC)C(=O)c1ccc(N)c(Br)c1. The number of nitrogen functional groups attached to an aromatic ring is 1. The van der Waals surface area contributed by atoms with Crippen LogP contribution >= 0.6 is 15.9 Å². The maximum atomic E-state index is 12.7. The number of amides is 1. The number of nitrogens with zero attached hydrogens (tertiary/aromatic N) is 1. The molecule has 0 saturated carbocycles. The molecule has 0 atom stereocenters. The van der Waals surface area contributed by atoms with Crippen molar-refractivity contribution < 1.29 is 9.53 Å². The van der Waals surface area contributed by atoms with Gasteiger partial charge in [-0.2, -0.15) is 0 Å². The van der Waals surface area contributed by atoms with Gasteiger partial charge in [0.1, 0.15) is 0 Å². The molecule has 0 saturated heterocycles. The first-order valence-corrected chi connectivity index (χ1v) is 7.69. The number of carbonyl (C=O) groups excluding carboxylic acids is 1. The Kier molecular flexibility index (Phi) is 7.02. The summed E-state index contributed by atoms with van der Waals surface area (Å²) in [5.41, 5.74) is 7.04. The first-order valence-electron chi connectivity index (χ1n) is 6.90. The fraction of sp³-hybridized carbons (Fsp3) is 0.533. The second kappa shape index (κ2) is 8.27. The molecule has 2 N–H and O–H groups in total. The van der Waals surface area contributed by atoms with Crippen LogP contribution in [0.2, 0.25) is 0 Å². The summed E-state index contributed by atoms with van der Waals surface area (Å²) in [6, 6.07) is 5.53. The topological polar surface area (TPSA) is 55.6 Å². The summed E-state index contributed by atoms with van der Waals surface area (Å²) in [5, 5.41) is 0. The number of methoxy groups -OCH3 is 1. The Bertz CT molecular complexity index is 447. The molecule has 5 heteroatoms. The summed E-state index contributed by atoms with van der Waals surface area (Å²) in [6.07, 6.45) is 1.87. The third-order valence-corrected chi connectivity index (χ3v) is 4.11. The average Bonchev–Trinajstić information content (AvgIpc) is 2.45. The maximum Gasteiger partial charge on any atom is 0.254 e. The van der Waals surface area contributed by atoms with Gasteiger partial charge in [0.2, 0.25) is 0 Å². The van der Waals surface area contributed by atoms with Crippen LogP contribution in [0.4, 0.5) is 5.69 Å². The second-order valence-electron chi connectivity index (χ2n) is 4.70. The molecule has 1 amide bonds. The van der Waals surface area contributed by atoms with Gasteiger partial charge in [0.25, 0.3) is 5.91 Å². The molecule has 0 aliphatic carbocycles. The van der Waals surface area contributed by atoms with Crippen LogP contribution in [0.1, 0.15) is 37.0 Å². The van der Waals surface area contributed by atoms with E-state index < -0.39 is 0 Å². The largest absolute Gasteiger partial charge is 0.398 e. The summed E-state index contributed by atoms with van der Waals surface area (Å²) >= 11 is 3.37. The summed E-state index contributed by atoms with van der Waals surface area (Å²) in [4.78, 5) is 14.6. The molecule has 0 bridgehead atoms. The molecule has 1 aromatic rings. The van der Waals surface area contributed by atoms with Crippen molar-refractivity contribution in [3.63, 3.8) is 0 Å². The Morgan fingerprint density at radius 3 is 2.55 bits per heavy atom. The van der Waals surface area contributed by atoms with Crippen molar-refractivity contribution in [3.05, 3.63) is 28.2 Å². The van der Waals surface area contributed by atoms with E-state index >= 15 is 0 Å². The first-order chi connectivity index (χ1) is 9.54. The van der Waals surface area contributed by atoms with E-state index in [9.17, 15) is 4.79 Å². The number of carbonyl (C=O) groups is 1. The Morgan fingerprint density at radius 2 is 2.05 bits per heavy atom. The number of hydrogen-bond acceptors (Lipinski definition) is 3. The highest BCUT2D eigenvalue weighted by Crippen LogP contribution is 2.22. The van der Waals surface area contributed by atoms with Gasteiger partial charge in [0.05, 0.1) is 6.61 Å². The van der Waals surface area contributed by atoms with Gasteiger partial charge < -0.3 is 15.4 Å². The molecule has 0 aliphatic heterocycles. The van der Waals surface area contributed by atoms with Crippen LogP contribution in [0.5, 0.6) is 0 Å². The van der Waals surface area contributed by atoms with Crippen molar-refractivity contribution in [1.29, 1.82) is 0 Å². The van der Waals surface area contributed by atoms with E-state index in [-0.39, 0.29) is 11.9 Å². The lowest BCUT2D eigenvalue weighted by Gasteiger charge is -2.30. The molecular weight excluding hydrogens is 320 g/mol. The predicted molar refractivity (Wildman–Crippen MR) is 85.8 cm³/mol. The first kappa shape index (κ1) is 17.0. The summed E-state index contributed by atoms with van der Waals surface area (Å²) in [7, 11) is 1.65. The van der Waals surface area contributed by atoms with Crippen LogP contribution in [-0.2, 0) is 4.74 Å². The van der Waals surface area contributed by atoms with Crippen LogP contribution < -0.4 is 5.73 Å². The molecule has 20 heavy (non-hydrogen) atoms. The standard InChI is InChI=1S/C15H23BrN2O2/c1-4-12(5-2)18(8-9-20-3)15(19)11-6-7-14(17)13(16)10-11/h6-7,10,12H,4-5,8-9,17H2,1-3H3. The van der Waals surface area contributed by atoms with Gasteiger partial charge in [-0.25, -0.2) is 0 Å². The quantitative estimate of drug-likeness (QED) is 0.773. The Hall–Kier alpha value is -1.07. The van der Waals surface area contributed by atoms with Gasteiger partial charge in [0, 0.05) is 35.4 Å². The minimum atomic E-state index is 0.0245. The van der Waals surface area contributed by atoms with Crippen LogP contribution in [0.25, 0.3) is 0 Å². The fourth-order valence-corrected chi connectivity index (χ4v) is 2.57. The number of anilines is 1. The molecular formula is C15H23BrN2O2. The van der Waals surface area contributed by atoms with Crippen LogP contribution in [-0.4, -0.2) is 37.1 Å². The normalized spacial score (nSPS) is 10.8. The molecule has 112 valence electrons. The molecule has 1 rings (SSSR count). The lowest BCUT2D eigenvalue weighted by Crippen LogP contribution is -2.41. The third kappa shape index (κ3) is 4.21. The van der Waals surface area contributed by atoms with E-state index in [1.807, 2.05) is 4.90 Å². The van der Waals surface area contributed by atoms with Crippen molar-refractivity contribution in [2.45, 2.75) is 32.7 Å². The Balaban J connectivity index is 2.99. The molecule has 0 spiro atoms. The van der Waals surface area contributed by atoms with E-state index in [0.29, 0.717) is 24.4 Å². The molecule has 4 nitrogen and oxygen atoms in total. The van der Waals surface area contributed by atoms with Crippen molar-refractivity contribution in [3.8, 4) is 0 Å². The molecule has 0 aliphatic rings. The van der Waals surface area contributed by atoms with Crippen molar-refractivity contribution in [2.75, 3.05) is 26.0 Å². The number of benzene rings is 1. The number of nitrogens with two attached hydrogens (primary N) is 1. The maximum absolute atomic E-state index is 12.7. The highest BCUT2D eigenvalue weighted by Gasteiger charge is 2.22. The minimum Gasteiger partial charge on any atom is -0.398 e. The highest BCUT2D eigenvalue weighted by molar-refractivity contribution is 9.10. The van der Waals surface area contributed by atoms with Crippen molar-refractivity contribution >= 4 is 27.5 Å². The summed E-state index contributed by atoms with van der Waals surface area (Å²) in [6.45, 7) is 5.34. The van der Waals surface area contributed by atoms with Gasteiger partial charge in [-0.1, -0.05) is 13.8 Å². The zero-order chi connectivity index (χ0) is 15.1. The van der Waals surface area contributed by atoms with E-state index in [1.54, 1.807) is 25.3 Å². The zero-order valence-electron chi connectivity index (χ0n) is 12.4. The van der Waals surface area contributed by atoms with Crippen LogP contribution in [0, 0.1) is 0 Å². The van der Waals surface area contributed by atoms with Gasteiger partial charge >= 0.3 is 0 Å². The molecule has 0 aromatic heterocycles. The average molecular weight is 343 g/mol. The lowest BCUT2D eigenvalue weighted by atomic mass is 10.1. The molecule has 0 unspecified atom stereocenters. The van der Waals surface area contributed by atoms with Crippen molar-refractivity contribution in [1.82, 2.24) is 4.90 Å². The molecule has 0 radical (unpaired) electrons. The number of rotatable bonds is 7. The predicted octanol–water partition coefficient (Wildman–Crippen LogP) is 3.31. The summed E-state index contributed by atoms with van der Waals surface area (Å²) < 4.78 is 5.87. The minimum absolute atomic E-state index is 0.0245. The molecule has 0 heterocycles. The van der Waals surface area contributed by atoms with Crippen LogP contribution in [0.3, 0.4) is 0 Å². The highest BCUT2D eigenvalue weighted by atomic mass is 79.9. The number of ether oxygens (including phenoxy) is 1. The Labute approximate surface area is 129 Å². The lowest BCUT2D eigenvalue weighted by molar-refractivity contribution is 0.0589. The van der Waals surface area contributed by atoms with E-state index in [1.165, 1.54) is 0 Å². The fourth-order valence-electron chi connectivity index (χ4n) is 2.20.